The smallest absolute Gasteiger partial charge is 0.149 e. The van der Waals surface area contributed by atoms with Crippen LogP contribution >= 0.6 is 11.6 Å². The lowest BCUT2D eigenvalue weighted by molar-refractivity contribution is 0.330. The van der Waals surface area contributed by atoms with Gasteiger partial charge in [0.05, 0.1) is 34.3 Å². The summed E-state index contributed by atoms with van der Waals surface area (Å²) < 4.78 is 2.17. The highest BCUT2D eigenvalue weighted by Gasteiger charge is 2.32. The Morgan fingerprint density at radius 3 is 2.77 bits per heavy atom. The van der Waals surface area contributed by atoms with Gasteiger partial charge in [-0.15, -0.1) is 0 Å². The number of nitrogens with zero attached hydrogens (tertiary/aromatic N) is 4. The molecule has 0 amide bonds. The molecule has 1 aliphatic carbocycles. The number of benzene rings is 1. The summed E-state index contributed by atoms with van der Waals surface area (Å²) in [6, 6.07) is 10.2. The van der Waals surface area contributed by atoms with Crippen molar-refractivity contribution in [3.63, 3.8) is 0 Å². The first-order valence-corrected chi connectivity index (χ1v) is 12.8. The minimum atomic E-state index is 0.0313. The Bertz CT molecular complexity index is 1360. The zero-order chi connectivity index (χ0) is 23.9. The van der Waals surface area contributed by atoms with E-state index in [1.807, 2.05) is 37.5 Å². The molecule has 3 aromatic heterocycles. The van der Waals surface area contributed by atoms with E-state index >= 15 is 0 Å². The highest BCUT2D eigenvalue weighted by Crippen LogP contribution is 2.42. The number of nitrogens with two attached hydrogens (primary N) is 1. The normalized spacial score (nSPS) is 21.6. The van der Waals surface area contributed by atoms with Gasteiger partial charge in [0, 0.05) is 37.0 Å². The molecule has 2 aliphatic rings. The van der Waals surface area contributed by atoms with Gasteiger partial charge in [0.2, 0.25) is 0 Å². The Morgan fingerprint density at radius 2 is 2.00 bits per heavy atom. The van der Waals surface area contributed by atoms with Crippen molar-refractivity contribution in [2.24, 2.45) is 5.92 Å². The van der Waals surface area contributed by atoms with Gasteiger partial charge in [-0.1, -0.05) is 23.7 Å². The SMILES string of the molecule is Cc1ccc(NCC2CCC(c3nc(C4Cc5cccc(Cl)c5N4)c4c(N)nccn34)CC2)cn1. The number of pyridine rings is 1. The highest BCUT2D eigenvalue weighted by atomic mass is 35.5. The number of nitrogen functional groups attached to an aromatic ring is 1. The van der Waals surface area contributed by atoms with Gasteiger partial charge < -0.3 is 16.4 Å². The molecule has 180 valence electrons. The van der Waals surface area contributed by atoms with Crippen LogP contribution in [0.15, 0.2) is 48.9 Å². The largest absolute Gasteiger partial charge is 0.384 e. The van der Waals surface area contributed by atoms with Crippen molar-refractivity contribution in [2.45, 2.75) is 51.0 Å². The summed E-state index contributed by atoms with van der Waals surface area (Å²) in [4.78, 5) is 14.0. The van der Waals surface area contributed by atoms with Crippen molar-refractivity contribution < 1.29 is 0 Å². The summed E-state index contributed by atoms with van der Waals surface area (Å²) in [7, 11) is 0. The molecule has 0 spiro atoms. The minimum absolute atomic E-state index is 0.0313. The molecule has 6 rings (SSSR count). The number of rotatable bonds is 5. The van der Waals surface area contributed by atoms with Gasteiger partial charge in [-0.2, -0.15) is 0 Å². The van der Waals surface area contributed by atoms with Crippen molar-refractivity contribution in [3.8, 4) is 0 Å². The van der Waals surface area contributed by atoms with E-state index in [1.165, 1.54) is 18.4 Å². The number of hydrogen-bond donors (Lipinski definition) is 3. The molecule has 0 bridgehead atoms. The number of halogens is 1. The second kappa shape index (κ2) is 9.04. The van der Waals surface area contributed by atoms with Gasteiger partial charge in [-0.3, -0.25) is 9.38 Å². The third-order valence-corrected chi connectivity index (χ3v) is 7.84. The van der Waals surface area contributed by atoms with Crippen molar-refractivity contribution >= 4 is 34.3 Å². The first kappa shape index (κ1) is 22.2. The van der Waals surface area contributed by atoms with E-state index in [-0.39, 0.29) is 6.04 Å². The minimum Gasteiger partial charge on any atom is -0.384 e. The first-order valence-electron chi connectivity index (χ1n) is 12.4. The fraction of sp³-hybridized carbons (Fsp3) is 0.370. The number of aromatic nitrogens is 4. The number of hydrogen-bond acceptors (Lipinski definition) is 6. The molecule has 0 saturated heterocycles. The topological polar surface area (TPSA) is 93.2 Å². The zero-order valence-electron chi connectivity index (χ0n) is 19.8. The Hall–Kier alpha value is -3.32. The Kier molecular flexibility index (Phi) is 5.72. The van der Waals surface area contributed by atoms with Crippen LogP contribution in [0.4, 0.5) is 17.2 Å². The van der Waals surface area contributed by atoms with Crippen LogP contribution in [0.25, 0.3) is 5.52 Å². The van der Waals surface area contributed by atoms with Gasteiger partial charge in [0.25, 0.3) is 0 Å². The van der Waals surface area contributed by atoms with E-state index in [9.17, 15) is 0 Å². The van der Waals surface area contributed by atoms with Crippen molar-refractivity contribution in [3.05, 3.63) is 76.7 Å². The van der Waals surface area contributed by atoms with Crippen LogP contribution < -0.4 is 16.4 Å². The summed E-state index contributed by atoms with van der Waals surface area (Å²) in [6.07, 6.45) is 11.1. The number of aryl methyl sites for hydroxylation is 1. The van der Waals surface area contributed by atoms with Gasteiger partial charge in [0.15, 0.2) is 0 Å². The molecule has 1 fully saturated rings. The lowest BCUT2D eigenvalue weighted by atomic mass is 9.81. The third kappa shape index (κ3) is 4.18. The fourth-order valence-corrected chi connectivity index (χ4v) is 5.86. The molecule has 4 heterocycles. The molecule has 1 aliphatic heterocycles. The first-order chi connectivity index (χ1) is 17.1. The summed E-state index contributed by atoms with van der Waals surface area (Å²) in [5, 5.41) is 7.90. The zero-order valence-corrected chi connectivity index (χ0v) is 20.6. The monoisotopic (exact) mass is 487 g/mol. The molecule has 4 N–H and O–H groups in total. The molecule has 1 saturated carbocycles. The van der Waals surface area contributed by atoms with Gasteiger partial charge >= 0.3 is 0 Å². The fourth-order valence-electron chi connectivity index (χ4n) is 5.62. The van der Waals surface area contributed by atoms with Crippen LogP contribution in [0.5, 0.6) is 0 Å². The van der Waals surface area contributed by atoms with E-state index in [0.29, 0.717) is 17.7 Å². The van der Waals surface area contributed by atoms with Crippen LogP contribution in [0, 0.1) is 12.8 Å². The number of fused-ring (bicyclic) bond motifs is 2. The lowest BCUT2D eigenvalue weighted by Crippen LogP contribution is -2.21. The number of anilines is 3. The van der Waals surface area contributed by atoms with E-state index in [0.717, 1.165) is 64.9 Å². The molecule has 1 atom stereocenters. The summed E-state index contributed by atoms with van der Waals surface area (Å²) in [5.41, 5.74) is 12.6. The Labute approximate surface area is 210 Å². The Morgan fingerprint density at radius 1 is 1.14 bits per heavy atom. The lowest BCUT2D eigenvalue weighted by Gasteiger charge is -2.28. The predicted octanol–water partition coefficient (Wildman–Crippen LogP) is 5.76. The molecule has 4 aromatic rings. The van der Waals surface area contributed by atoms with Crippen LogP contribution in [0.3, 0.4) is 0 Å². The average molecular weight is 488 g/mol. The van der Waals surface area contributed by atoms with E-state index < -0.39 is 0 Å². The molecule has 1 aromatic carbocycles. The van der Waals surface area contributed by atoms with Crippen LogP contribution in [0.1, 0.15) is 60.4 Å². The van der Waals surface area contributed by atoms with Crippen LogP contribution in [-0.2, 0) is 6.42 Å². The van der Waals surface area contributed by atoms with E-state index in [2.05, 4.69) is 37.1 Å². The van der Waals surface area contributed by atoms with Crippen molar-refractivity contribution in [2.75, 3.05) is 22.9 Å². The molecular formula is C27H30ClN7. The molecule has 1 unspecified atom stereocenters. The summed E-state index contributed by atoms with van der Waals surface area (Å²) in [5.74, 6) is 2.68. The number of nitrogens with one attached hydrogen (secondary N) is 2. The average Bonchev–Trinajstić information content (AvgIpc) is 3.48. The summed E-state index contributed by atoms with van der Waals surface area (Å²) >= 11 is 6.45. The second-order valence-corrected chi connectivity index (χ2v) is 10.3. The maximum atomic E-state index is 6.45. The maximum absolute atomic E-state index is 6.45. The quantitative estimate of drug-likeness (QED) is 0.331. The number of para-hydroxylation sites is 1. The third-order valence-electron chi connectivity index (χ3n) is 7.53. The predicted molar refractivity (Wildman–Crippen MR) is 141 cm³/mol. The molecule has 8 heteroatoms. The Balaban J connectivity index is 1.20. The molecular weight excluding hydrogens is 458 g/mol. The summed E-state index contributed by atoms with van der Waals surface area (Å²) in [6.45, 7) is 2.99. The standard InChI is InChI=1S/C27H30ClN7/c1-16-5-10-20(15-31-16)32-14-17-6-8-18(9-7-17)27-34-24(25-26(29)30-11-12-35(25)27)22-13-19-3-2-4-21(28)23(19)33-22/h2-5,10-12,15,17-18,22,32-33H,6-9,13-14H2,1H3,(H2,29,30). The van der Waals surface area contributed by atoms with Crippen molar-refractivity contribution in [1.82, 2.24) is 19.4 Å². The molecule has 0 radical (unpaired) electrons. The number of imidazole rings is 1. The van der Waals surface area contributed by atoms with Gasteiger partial charge in [-0.05, 0) is 62.3 Å². The van der Waals surface area contributed by atoms with Gasteiger partial charge in [-0.25, -0.2) is 9.97 Å². The maximum Gasteiger partial charge on any atom is 0.149 e. The second-order valence-electron chi connectivity index (χ2n) is 9.85. The highest BCUT2D eigenvalue weighted by molar-refractivity contribution is 6.33. The molecule has 35 heavy (non-hydrogen) atoms. The molecule has 7 nitrogen and oxygen atoms in total. The van der Waals surface area contributed by atoms with Crippen LogP contribution in [-0.4, -0.2) is 25.9 Å². The van der Waals surface area contributed by atoms with Gasteiger partial charge in [0.1, 0.15) is 17.2 Å². The van der Waals surface area contributed by atoms with Crippen LogP contribution in [0.2, 0.25) is 5.02 Å². The van der Waals surface area contributed by atoms with Crippen molar-refractivity contribution in [1.29, 1.82) is 0 Å². The van der Waals surface area contributed by atoms with E-state index in [1.54, 1.807) is 6.20 Å². The van der Waals surface area contributed by atoms with E-state index in [4.69, 9.17) is 22.3 Å².